The highest BCUT2D eigenvalue weighted by Gasteiger charge is 2.45. The van der Waals surface area contributed by atoms with E-state index in [1.807, 2.05) is 19.0 Å². The summed E-state index contributed by atoms with van der Waals surface area (Å²) in [5.74, 6) is -0.250. The highest BCUT2D eigenvalue weighted by atomic mass is 19.1. The summed E-state index contributed by atoms with van der Waals surface area (Å²) in [5, 5.41) is 9.51. The summed E-state index contributed by atoms with van der Waals surface area (Å²) in [6.07, 6.45) is 0.929. The van der Waals surface area contributed by atoms with E-state index in [1.54, 1.807) is 12.1 Å². The van der Waals surface area contributed by atoms with E-state index >= 15 is 0 Å². The van der Waals surface area contributed by atoms with Crippen molar-refractivity contribution in [3.63, 3.8) is 0 Å². The number of hydrogen-bond acceptors (Lipinski definition) is 3. The molecular formula is C13H19FN2O. The molecule has 0 heterocycles. The lowest BCUT2D eigenvalue weighted by atomic mass is 9.62. The number of rotatable bonds is 3. The Bertz CT molecular complexity index is 414. The van der Waals surface area contributed by atoms with Crippen LogP contribution >= 0.6 is 0 Å². The Kier molecular flexibility index (Phi) is 3.10. The second kappa shape index (κ2) is 4.27. The van der Waals surface area contributed by atoms with Crippen molar-refractivity contribution in [1.29, 1.82) is 0 Å². The summed E-state index contributed by atoms with van der Waals surface area (Å²) in [4.78, 5) is 1.96. The summed E-state index contributed by atoms with van der Waals surface area (Å²) in [7, 11) is 3.85. The fourth-order valence-corrected chi connectivity index (χ4v) is 2.66. The van der Waals surface area contributed by atoms with Crippen LogP contribution in [0.4, 0.5) is 10.1 Å². The minimum absolute atomic E-state index is 0.250. The molecule has 0 amide bonds. The van der Waals surface area contributed by atoms with Crippen LogP contribution in [0.3, 0.4) is 0 Å². The van der Waals surface area contributed by atoms with E-state index in [4.69, 9.17) is 5.73 Å². The topological polar surface area (TPSA) is 49.5 Å². The molecule has 1 aromatic rings. The van der Waals surface area contributed by atoms with Crippen LogP contribution in [0.25, 0.3) is 0 Å². The standard InChI is InChI=1S/C13H19FN2O/c1-16(2)12-4-3-9(14)5-11(12)13(8-15)6-10(17)7-13/h3-5,10,17H,6-8,15H2,1-2H3. The number of nitrogens with zero attached hydrogens (tertiary/aromatic N) is 1. The van der Waals surface area contributed by atoms with E-state index < -0.39 is 0 Å². The minimum atomic E-state index is -0.308. The first-order valence-corrected chi connectivity index (χ1v) is 5.84. The molecule has 0 bridgehead atoms. The Balaban J connectivity index is 2.45. The quantitative estimate of drug-likeness (QED) is 0.833. The maximum atomic E-state index is 13.4. The molecule has 0 unspecified atom stereocenters. The van der Waals surface area contributed by atoms with Gasteiger partial charge in [0.05, 0.1) is 6.10 Å². The molecule has 0 spiro atoms. The second-order valence-electron chi connectivity index (χ2n) is 5.10. The van der Waals surface area contributed by atoms with Gasteiger partial charge in [-0.25, -0.2) is 4.39 Å². The Morgan fingerprint density at radius 2 is 2.12 bits per heavy atom. The van der Waals surface area contributed by atoms with Gasteiger partial charge in [-0.3, -0.25) is 0 Å². The molecule has 3 nitrogen and oxygen atoms in total. The molecule has 94 valence electrons. The van der Waals surface area contributed by atoms with Gasteiger partial charge in [0, 0.05) is 31.7 Å². The van der Waals surface area contributed by atoms with Crippen LogP contribution in [0, 0.1) is 5.82 Å². The lowest BCUT2D eigenvalue weighted by Gasteiger charge is -2.46. The van der Waals surface area contributed by atoms with Gasteiger partial charge >= 0.3 is 0 Å². The molecule has 1 aliphatic rings. The number of aliphatic hydroxyl groups excluding tert-OH is 1. The van der Waals surface area contributed by atoms with Gasteiger partial charge < -0.3 is 15.7 Å². The third kappa shape index (κ3) is 2.03. The average molecular weight is 238 g/mol. The van der Waals surface area contributed by atoms with Gasteiger partial charge in [-0.05, 0) is 36.6 Å². The van der Waals surface area contributed by atoms with Gasteiger partial charge in [0.1, 0.15) is 5.82 Å². The average Bonchev–Trinajstić information content (AvgIpc) is 2.24. The molecule has 1 fully saturated rings. The Labute approximate surface area is 101 Å². The van der Waals surface area contributed by atoms with Crippen molar-refractivity contribution in [2.24, 2.45) is 5.73 Å². The molecule has 1 aromatic carbocycles. The van der Waals surface area contributed by atoms with Crippen molar-refractivity contribution < 1.29 is 9.50 Å². The van der Waals surface area contributed by atoms with Crippen molar-refractivity contribution in [3.8, 4) is 0 Å². The summed E-state index contributed by atoms with van der Waals surface area (Å²) >= 11 is 0. The van der Waals surface area contributed by atoms with Gasteiger partial charge in [-0.2, -0.15) is 0 Å². The van der Waals surface area contributed by atoms with Gasteiger partial charge in [0.25, 0.3) is 0 Å². The van der Waals surface area contributed by atoms with E-state index in [0.717, 1.165) is 11.3 Å². The van der Waals surface area contributed by atoms with Crippen LogP contribution < -0.4 is 10.6 Å². The molecule has 1 aliphatic carbocycles. The van der Waals surface area contributed by atoms with Crippen LogP contribution in [-0.4, -0.2) is 31.9 Å². The van der Waals surface area contributed by atoms with E-state index in [0.29, 0.717) is 19.4 Å². The summed E-state index contributed by atoms with van der Waals surface area (Å²) in [6.45, 7) is 0.439. The summed E-state index contributed by atoms with van der Waals surface area (Å²) in [5.41, 5.74) is 7.46. The zero-order valence-corrected chi connectivity index (χ0v) is 10.3. The molecule has 0 aromatic heterocycles. The molecule has 2 rings (SSSR count). The fourth-order valence-electron chi connectivity index (χ4n) is 2.66. The van der Waals surface area contributed by atoms with E-state index in [1.165, 1.54) is 6.07 Å². The van der Waals surface area contributed by atoms with Crippen molar-refractivity contribution in [1.82, 2.24) is 0 Å². The van der Waals surface area contributed by atoms with Crippen LogP contribution in [-0.2, 0) is 5.41 Å². The number of anilines is 1. The molecule has 0 aliphatic heterocycles. The zero-order valence-electron chi connectivity index (χ0n) is 10.3. The molecule has 0 atom stereocenters. The second-order valence-corrected chi connectivity index (χ2v) is 5.10. The molecular weight excluding hydrogens is 219 g/mol. The minimum Gasteiger partial charge on any atom is -0.393 e. The van der Waals surface area contributed by atoms with Crippen molar-refractivity contribution in [2.75, 3.05) is 25.5 Å². The van der Waals surface area contributed by atoms with E-state index in [-0.39, 0.29) is 17.3 Å². The van der Waals surface area contributed by atoms with Crippen LogP contribution in [0.2, 0.25) is 0 Å². The molecule has 17 heavy (non-hydrogen) atoms. The van der Waals surface area contributed by atoms with E-state index in [2.05, 4.69) is 0 Å². The van der Waals surface area contributed by atoms with Crippen LogP contribution in [0.1, 0.15) is 18.4 Å². The number of benzene rings is 1. The Hall–Kier alpha value is -1.13. The van der Waals surface area contributed by atoms with Gasteiger partial charge in [-0.1, -0.05) is 0 Å². The van der Waals surface area contributed by atoms with Crippen LogP contribution in [0.15, 0.2) is 18.2 Å². The third-order valence-corrected chi connectivity index (χ3v) is 3.66. The third-order valence-electron chi connectivity index (χ3n) is 3.66. The van der Waals surface area contributed by atoms with Gasteiger partial charge in [-0.15, -0.1) is 0 Å². The number of hydrogen-bond donors (Lipinski definition) is 2. The smallest absolute Gasteiger partial charge is 0.123 e. The van der Waals surface area contributed by atoms with E-state index in [9.17, 15) is 9.50 Å². The first kappa shape index (κ1) is 12.3. The van der Waals surface area contributed by atoms with Crippen LogP contribution in [0.5, 0.6) is 0 Å². The van der Waals surface area contributed by atoms with Gasteiger partial charge in [0.15, 0.2) is 0 Å². The zero-order chi connectivity index (χ0) is 12.6. The van der Waals surface area contributed by atoms with Crippen molar-refractivity contribution in [3.05, 3.63) is 29.6 Å². The lowest BCUT2D eigenvalue weighted by Crippen LogP contribution is -2.50. The highest BCUT2D eigenvalue weighted by molar-refractivity contribution is 5.57. The number of halogens is 1. The normalized spacial score (nSPS) is 27.7. The largest absolute Gasteiger partial charge is 0.393 e. The lowest BCUT2D eigenvalue weighted by molar-refractivity contribution is 0.0223. The van der Waals surface area contributed by atoms with Crippen molar-refractivity contribution >= 4 is 5.69 Å². The Morgan fingerprint density at radius 1 is 1.47 bits per heavy atom. The molecule has 4 heteroatoms. The first-order chi connectivity index (χ1) is 7.98. The SMILES string of the molecule is CN(C)c1ccc(F)cc1C1(CN)CC(O)C1. The first-order valence-electron chi connectivity index (χ1n) is 5.84. The summed E-state index contributed by atoms with van der Waals surface area (Å²) in [6, 6.07) is 4.78. The maximum Gasteiger partial charge on any atom is 0.123 e. The molecule has 1 saturated carbocycles. The maximum absolute atomic E-state index is 13.4. The molecule has 0 radical (unpaired) electrons. The predicted octanol–water partition coefficient (Wildman–Crippen LogP) is 1.24. The number of nitrogens with two attached hydrogens (primary N) is 1. The predicted molar refractivity (Wildman–Crippen MR) is 66.7 cm³/mol. The van der Waals surface area contributed by atoms with Gasteiger partial charge in [0.2, 0.25) is 0 Å². The Morgan fingerprint density at radius 3 is 2.59 bits per heavy atom. The molecule has 0 saturated heterocycles. The fraction of sp³-hybridized carbons (Fsp3) is 0.538. The molecule has 3 N–H and O–H groups in total. The van der Waals surface area contributed by atoms with Crippen molar-refractivity contribution in [2.45, 2.75) is 24.4 Å². The number of aliphatic hydroxyl groups is 1. The highest BCUT2D eigenvalue weighted by Crippen LogP contribution is 2.46. The monoisotopic (exact) mass is 238 g/mol. The summed E-state index contributed by atoms with van der Waals surface area (Å²) < 4.78 is 13.4.